The summed E-state index contributed by atoms with van der Waals surface area (Å²) in [5.41, 5.74) is 0. The molecule has 3 rings (SSSR count). The largest absolute Gasteiger partial charge is 0.352 e. The van der Waals surface area contributed by atoms with E-state index < -0.39 is 0 Å². The second kappa shape index (κ2) is 5.41. The number of halogens is 1. The molecule has 1 saturated heterocycles. The number of anilines is 1. The molecule has 1 unspecified atom stereocenters. The Morgan fingerprint density at radius 2 is 2.28 bits per heavy atom. The zero-order valence-electron chi connectivity index (χ0n) is 10.5. The van der Waals surface area contributed by atoms with Crippen LogP contribution in [0.1, 0.15) is 25.7 Å². The van der Waals surface area contributed by atoms with Gasteiger partial charge in [0.15, 0.2) is 5.82 Å². The third-order valence-corrected chi connectivity index (χ3v) is 4.03. The molecule has 0 aromatic carbocycles. The lowest BCUT2D eigenvalue weighted by atomic mass is 9.99. The predicted octanol–water partition coefficient (Wildman–Crippen LogP) is 2.10. The van der Waals surface area contributed by atoms with Gasteiger partial charge in [0.2, 0.25) is 0 Å². The van der Waals surface area contributed by atoms with Gasteiger partial charge in [0.05, 0.1) is 6.20 Å². The molecule has 0 amide bonds. The SMILES string of the molecule is Clc1cncnc1N(CC1CCCNC1)C1CC1. The molecule has 1 saturated carbocycles. The predicted molar refractivity (Wildman–Crippen MR) is 73.0 cm³/mol. The molecule has 1 atom stereocenters. The lowest BCUT2D eigenvalue weighted by Crippen LogP contribution is -2.39. The fourth-order valence-electron chi connectivity index (χ4n) is 2.67. The normalized spacial score (nSPS) is 23.9. The Morgan fingerprint density at radius 1 is 1.39 bits per heavy atom. The molecular formula is C13H19ClN4. The second-order valence-electron chi connectivity index (χ2n) is 5.29. The number of aromatic nitrogens is 2. The molecule has 5 heteroatoms. The molecule has 2 aliphatic rings. The van der Waals surface area contributed by atoms with E-state index in [1.165, 1.54) is 25.7 Å². The van der Waals surface area contributed by atoms with E-state index >= 15 is 0 Å². The topological polar surface area (TPSA) is 41.1 Å². The van der Waals surface area contributed by atoms with E-state index in [0.717, 1.165) is 25.5 Å². The average molecular weight is 267 g/mol. The summed E-state index contributed by atoms with van der Waals surface area (Å²) in [5, 5.41) is 4.15. The Labute approximate surface area is 113 Å². The van der Waals surface area contributed by atoms with Crippen LogP contribution in [0.4, 0.5) is 5.82 Å². The van der Waals surface area contributed by atoms with Crippen LogP contribution in [0.25, 0.3) is 0 Å². The highest BCUT2D eigenvalue weighted by atomic mass is 35.5. The standard InChI is InChI=1S/C13H19ClN4/c14-12-7-16-9-17-13(12)18(11-3-4-11)8-10-2-1-5-15-6-10/h7,9-11,15H,1-6,8H2. The van der Waals surface area contributed by atoms with Crippen LogP contribution in [-0.2, 0) is 0 Å². The summed E-state index contributed by atoms with van der Waals surface area (Å²) in [5.74, 6) is 1.63. The molecule has 2 fully saturated rings. The monoisotopic (exact) mass is 266 g/mol. The minimum atomic E-state index is 0.638. The van der Waals surface area contributed by atoms with E-state index in [2.05, 4.69) is 20.2 Å². The summed E-state index contributed by atoms with van der Waals surface area (Å²) < 4.78 is 0. The maximum absolute atomic E-state index is 6.23. The highest BCUT2D eigenvalue weighted by molar-refractivity contribution is 6.32. The first kappa shape index (κ1) is 12.2. The van der Waals surface area contributed by atoms with E-state index in [9.17, 15) is 0 Å². The smallest absolute Gasteiger partial charge is 0.151 e. The summed E-state index contributed by atoms with van der Waals surface area (Å²) in [7, 11) is 0. The Bertz CT molecular complexity index is 402. The van der Waals surface area contributed by atoms with E-state index in [0.29, 0.717) is 17.0 Å². The first-order chi connectivity index (χ1) is 8.84. The van der Waals surface area contributed by atoms with Gasteiger partial charge < -0.3 is 10.2 Å². The molecule has 18 heavy (non-hydrogen) atoms. The molecule has 1 aromatic rings. The Kier molecular flexibility index (Phi) is 3.66. The number of nitrogens with zero attached hydrogens (tertiary/aromatic N) is 3. The zero-order valence-corrected chi connectivity index (χ0v) is 11.2. The molecule has 0 radical (unpaired) electrons. The van der Waals surface area contributed by atoms with Crippen molar-refractivity contribution in [1.82, 2.24) is 15.3 Å². The van der Waals surface area contributed by atoms with E-state index in [1.54, 1.807) is 12.5 Å². The first-order valence-electron chi connectivity index (χ1n) is 6.77. The number of hydrogen-bond donors (Lipinski definition) is 1. The van der Waals surface area contributed by atoms with Crippen LogP contribution in [-0.4, -0.2) is 35.6 Å². The molecule has 1 aliphatic carbocycles. The van der Waals surface area contributed by atoms with E-state index in [1.807, 2.05) is 0 Å². The zero-order chi connectivity index (χ0) is 12.4. The first-order valence-corrected chi connectivity index (χ1v) is 7.15. The summed E-state index contributed by atoms with van der Waals surface area (Å²) in [4.78, 5) is 10.7. The van der Waals surface area contributed by atoms with Crippen molar-refractivity contribution >= 4 is 17.4 Å². The van der Waals surface area contributed by atoms with Gasteiger partial charge in [0, 0.05) is 12.6 Å². The van der Waals surface area contributed by atoms with Gasteiger partial charge in [-0.1, -0.05) is 11.6 Å². The summed E-state index contributed by atoms with van der Waals surface area (Å²) in [6, 6.07) is 0.638. The minimum Gasteiger partial charge on any atom is -0.352 e. The van der Waals surface area contributed by atoms with Gasteiger partial charge in [-0.2, -0.15) is 0 Å². The van der Waals surface area contributed by atoms with E-state index in [4.69, 9.17) is 11.6 Å². The van der Waals surface area contributed by atoms with Crippen LogP contribution >= 0.6 is 11.6 Å². The number of hydrogen-bond acceptors (Lipinski definition) is 4. The fourth-order valence-corrected chi connectivity index (χ4v) is 2.88. The maximum atomic E-state index is 6.23. The van der Waals surface area contributed by atoms with Gasteiger partial charge in [0.1, 0.15) is 11.3 Å². The number of rotatable bonds is 4. The number of piperidine rings is 1. The number of nitrogens with one attached hydrogen (secondary N) is 1. The van der Waals surface area contributed by atoms with E-state index in [-0.39, 0.29) is 0 Å². The summed E-state index contributed by atoms with van der Waals surface area (Å²) in [6.07, 6.45) is 8.40. The van der Waals surface area contributed by atoms with Crippen molar-refractivity contribution in [1.29, 1.82) is 0 Å². The minimum absolute atomic E-state index is 0.638. The lowest BCUT2D eigenvalue weighted by molar-refractivity contribution is 0.375. The average Bonchev–Trinajstić information content (AvgIpc) is 3.23. The van der Waals surface area contributed by atoms with Gasteiger partial charge in [-0.15, -0.1) is 0 Å². The summed E-state index contributed by atoms with van der Waals surface area (Å²) >= 11 is 6.23. The molecule has 0 bridgehead atoms. The molecule has 98 valence electrons. The van der Waals surface area contributed by atoms with Crippen molar-refractivity contribution in [2.45, 2.75) is 31.7 Å². The molecule has 2 heterocycles. The molecule has 1 aliphatic heterocycles. The second-order valence-corrected chi connectivity index (χ2v) is 5.70. The van der Waals surface area contributed by atoms with Gasteiger partial charge in [-0.3, -0.25) is 0 Å². The molecule has 4 nitrogen and oxygen atoms in total. The van der Waals surface area contributed by atoms with Crippen molar-refractivity contribution in [3.05, 3.63) is 17.5 Å². The van der Waals surface area contributed by atoms with Crippen LogP contribution in [0.5, 0.6) is 0 Å². The molecule has 1 aromatic heterocycles. The fraction of sp³-hybridized carbons (Fsp3) is 0.692. The molecule has 0 spiro atoms. The van der Waals surface area contributed by atoms with Gasteiger partial charge in [-0.25, -0.2) is 9.97 Å². The van der Waals surface area contributed by atoms with Gasteiger partial charge in [0.25, 0.3) is 0 Å². The Morgan fingerprint density at radius 3 is 2.94 bits per heavy atom. The Balaban J connectivity index is 1.73. The van der Waals surface area contributed by atoms with Crippen LogP contribution in [0.15, 0.2) is 12.5 Å². The van der Waals surface area contributed by atoms with Crippen molar-refractivity contribution in [2.75, 3.05) is 24.5 Å². The van der Waals surface area contributed by atoms with Crippen LogP contribution in [0.3, 0.4) is 0 Å². The molecule has 1 N–H and O–H groups in total. The highest BCUT2D eigenvalue weighted by Crippen LogP contribution is 2.34. The van der Waals surface area contributed by atoms with Crippen molar-refractivity contribution in [3.63, 3.8) is 0 Å². The third kappa shape index (κ3) is 2.75. The van der Waals surface area contributed by atoms with Crippen molar-refractivity contribution < 1.29 is 0 Å². The Hall–Kier alpha value is -0.870. The van der Waals surface area contributed by atoms with Crippen molar-refractivity contribution in [2.24, 2.45) is 5.92 Å². The van der Waals surface area contributed by atoms with Crippen LogP contribution in [0, 0.1) is 5.92 Å². The quantitative estimate of drug-likeness (QED) is 0.906. The van der Waals surface area contributed by atoms with Crippen molar-refractivity contribution in [3.8, 4) is 0 Å². The van der Waals surface area contributed by atoms with Gasteiger partial charge >= 0.3 is 0 Å². The lowest BCUT2D eigenvalue weighted by Gasteiger charge is -2.31. The van der Waals surface area contributed by atoms with Crippen LogP contribution in [0.2, 0.25) is 5.02 Å². The summed E-state index contributed by atoms with van der Waals surface area (Å²) in [6.45, 7) is 3.34. The van der Waals surface area contributed by atoms with Gasteiger partial charge in [-0.05, 0) is 44.7 Å². The van der Waals surface area contributed by atoms with Crippen LogP contribution < -0.4 is 10.2 Å². The maximum Gasteiger partial charge on any atom is 0.151 e. The molecular weight excluding hydrogens is 248 g/mol. The highest BCUT2D eigenvalue weighted by Gasteiger charge is 2.32. The third-order valence-electron chi connectivity index (χ3n) is 3.76.